The standard InChI is InChI=1S/C51H48O7/c52-43(29-53-44-17-9-39(10-18-44)50(25-35-5-1-2-6-36(35)26-50)41-13-21-46(22-14-41)55-31-48-33-57-48)30-54-45-19-11-40(12-20-45)51(27-37-7-3-4-8-38(37)28-51)42-15-23-47(24-16-42)56-32-49-34-58-49/h1-24,43,48-49,52H,25-34H2. The number of ether oxygens (including phenoxy) is 6. The van der Waals surface area contributed by atoms with E-state index in [1.54, 1.807) is 0 Å². The number of hydrogen-bond acceptors (Lipinski definition) is 7. The van der Waals surface area contributed by atoms with E-state index < -0.39 is 6.10 Å². The van der Waals surface area contributed by atoms with Crippen LogP contribution in [0.1, 0.15) is 44.5 Å². The van der Waals surface area contributed by atoms with Crippen molar-refractivity contribution < 1.29 is 33.5 Å². The summed E-state index contributed by atoms with van der Waals surface area (Å²) >= 11 is 0. The molecule has 1 N–H and O–H groups in total. The van der Waals surface area contributed by atoms with Crippen molar-refractivity contribution in [1.29, 1.82) is 0 Å². The zero-order valence-corrected chi connectivity index (χ0v) is 32.6. The number of benzene rings is 6. The van der Waals surface area contributed by atoms with Crippen LogP contribution in [0, 0.1) is 0 Å². The second kappa shape index (κ2) is 15.6. The summed E-state index contributed by atoms with van der Waals surface area (Å²) in [5, 5.41) is 10.9. The first-order valence-corrected chi connectivity index (χ1v) is 20.5. The van der Waals surface area contributed by atoms with Crippen molar-refractivity contribution in [1.82, 2.24) is 0 Å². The summed E-state index contributed by atoms with van der Waals surface area (Å²) in [5.74, 6) is 3.15. The smallest absolute Gasteiger partial charge is 0.122 e. The topological polar surface area (TPSA) is 82.2 Å². The third-order valence-corrected chi connectivity index (χ3v) is 12.4. The molecule has 0 bridgehead atoms. The Hall–Kier alpha value is -5.60. The lowest BCUT2D eigenvalue weighted by Crippen LogP contribution is -2.29. The molecule has 0 aromatic heterocycles. The Labute approximate surface area is 340 Å². The molecule has 0 spiro atoms. The first kappa shape index (κ1) is 36.7. The van der Waals surface area contributed by atoms with E-state index in [1.807, 2.05) is 24.3 Å². The highest BCUT2D eigenvalue weighted by Gasteiger charge is 2.42. The number of hydrogen-bond donors (Lipinski definition) is 1. The van der Waals surface area contributed by atoms with Crippen molar-refractivity contribution in [3.05, 3.63) is 190 Å². The fourth-order valence-corrected chi connectivity index (χ4v) is 9.00. The largest absolute Gasteiger partial charge is 0.491 e. The van der Waals surface area contributed by atoms with Gasteiger partial charge in [0.05, 0.1) is 13.2 Å². The van der Waals surface area contributed by atoms with Crippen molar-refractivity contribution in [3.63, 3.8) is 0 Å². The maximum Gasteiger partial charge on any atom is 0.122 e. The number of aliphatic hydroxyl groups is 1. The fraction of sp³-hybridized carbons (Fsp3) is 0.294. The van der Waals surface area contributed by atoms with Gasteiger partial charge in [0.1, 0.15) is 67.7 Å². The van der Waals surface area contributed by atoms with Crippen molar-refractivity contribution in [2.75, 3.05) is 39.6 Å². The second-order valence-corrected chi connectivity index (χ2v) is 16.3. The highest BCUT2D eigenvalue weighted by molar-refractivity contribution is 5.53. The molecule has 10 rings (SSSR count). The van der Waals surface area contributed by atoms with E-state index in [9.17, 15) is 5.11 Å². The predicted octanol–water partition coefficient (Wildman–Crippen LogP) is 8.23. The molecule has 2 aliphatic carbocycles. The van der Waals surface area contributed by atoms with Gasteiger partial charge in [-0.05, 0) is 119 Å². The molecule has 2 atom stereocenters. The Bertz CT molecular complexity index is 2110. The van der Waals surface area contributed by atoms with E-state index in [0.717, 1.165) is 50.4 Å². The van der Waals surface area contributed by atoms with Gasteiger partial charge in [-0.25, -0.2) is 0 Å². The van der Waals surface area contributed by atoms with Crippen LogP contribution in [0.4, 0.5) is 0 Å². The Balaban J connectivity index is 0.777. The van der Waals surface area contributed by atoms with E-state index >= 15 is 0 Å². The summed E-state index contributed by atoms with van der Waals surface area (Å²) in [6.07, 6.45) is 3.33. The summed E-state index contributed by atoms with van der Waals surface area (Å²) in [4.78, 5) is 0. The zero-order chi connectivity index (χ0) is 38.9. The van der Waals surface area contributed by atoms with E-state index in [2.05, 4.69) is 121 Å². The van der Waals surface area contributed by atoms with Gasteiger partial charge in [-0.2, -0.15) is 0 Å². The molecule has 2 fully saturated rings. The number of fused-ring (bicyclic) bond motifs is 2. The predicted molar refractivity (Wildman–Crippen MR) is 222 cm³/mol. The highest BCUT2D eigenvalue weighted by Crippen LogP contribution is 2.47. The molecule has 2 saturated heterocycles. The molecule has 7 heteroatoms. The Morgan fingerprint density at radius 3 is 0.983 bits per heavy atom. The third kappa shape index (κ3) is 7.70. The van der Waals surface area contributed by atoms with Crippen molar-refractivity contribution in [3.8, 4) is 23.0 Å². The molecule has 0 radical (unpaired) electrons. The monoisotopic (exact) mass is 772 g/mol. The molecular formula is C51H48O7. The van der Waals surface area contributed by atoms with Crippen molar-refractivity contribution in [2.24, 2.45) is 0 Å². The molecule has 2 heterocycles. The van der Waals surface area contributed by atoms with Crippen LogP contribution in [-0.4, -0.2) is 63.1 Å². The molecule has 294 valence electrons. The number of epoxide rings is 2. The number of aliphatic hydroxyl groups excluding tert-OH is 1. The summed E-state index contributed by atoms with van der Waals surface area (Å²) in [6, 6.07) is 51.3. The summed E-state index contributed by atoms with van der Waals surface area (Å²) in [7, 11) is 0. The van der Waals surface area contributed by atoms with Crippen molar-refractivity contribution >= 4 is 0 Å². The maximum atomic E-state index is 10.9. The normalized spacial score (nSPS) is 19.7. The van der Waals surface area contributed by atoms with E-state index in [-0.39, 0.29) is 36.3 Å². The van der Waals surface area contributed by atoms with Crippen LogP contribution < -0.4 is 18.9 Å². The Morgan fingerprint density at radius 1 is 0.431 bits per heavy atom. The van der Waals surface area contributed by atoms with Gasteiger partial charge in [0.15, 0.2) is 0 Å². The summed E-state index contributed by atoms with van der Waals surface area (Å²) < 4.78 is 34.7. The van der Waals surface area contributed by atoms with Crippen LogP contribution in [0.5, 0.6) is 23.0 Å². The van der Waals surface area contributed by atoms with Gasteiger partial charge in [-0.15, -0.1) is 0 Å². The zero-order valence-electron chi connectivity index (χ0n) is 32.6. The molecule has 6 aromatic rings. The van der Waals surface area contributed by atoms with Gasteiger partial charge in [0.25, 0.3) is 0 Å². The highest BCUT2D eigenvalue weighted by atomic mass is 16.6. The van der Waals surface area contributed by atoms with Crippen LogP contribution in [0.15, 0.2) is 146 Å². The lowest BCUT2D eigenvalue weighted by molar-refractivity contribution is 0.0626. The third-order valence-electron chi connectivity index (χ3n) is 12.4. The summed E-state index contributed by atoms with van der Waals surface area (Å²) in [6.45, 7) is 2.98. The van der Waals surface area contributed by atoms with E-state index in [1.165, 1.54) is 44.5 Å². The van der Waals surface area contributed by atoms with Gasteiger partial charge in [-0.1, -0.05) is 97.1 Å². The fourth-order valence-electron chi connectivity index (χ4n) is 9.00. The molecule has 2 unspecified atom stereocenters. The van der Waals surface area contributed by atoms with Crippen LogP contribution in [-0.2, 0) is 46.0 Å². The van der Waals surface area contributed by atoms with Gasteiger partial charge in [0.2, 0.25) is 0 Å². The molecule has 0 saturated carbocycles. The minimum absolute atomic E-state index is 0.121. The van der Waals surface area contributed by atoms with Crippen LogP contribution >= 0.6 is 0 Å². The van der Waals surface area contributed by atoms with Crippen molar-refractivity contribution in [2.45, 2.75) is 54.8 Å². The summed E-state index contributed by atoms with van der Waals surface area (Å²) in [5.41, 5.74) is 10.1. The minimum Gasteiger partial charge on any atom is -0.491 e. The molecule has 6 aromatic carbocycles. The Morgan fingerprint density at radius 2 is 0.707 bits per heavy atom. The second-order valence-electron chi connectivity index (χ2n) is 16.3. The lowest BCUT2D eigenvalue weighted by Gasteiger charge is -2.31. The van der Waals surface area contributed by atoms with E-state index in [4.69, 9.17) is 28.4 Å². The first-order valence-electron chi connectivity index (χ1n) is 20.5. The van der Waals surface area contributed by atoms with Crippen LogP contribution in [0.2, 0.25) is 0 Å². The molecule has 0 amide bonds. The Kier molecular flexibility index (Phi) is 9.90. The van der Waals surface area contributed by atoms with Gasteiger partial charge in [-0.3, -0.25) is 0 Å². The van der Waals surface area contributed by atoms with Gasteiger partial charge in [0, 0.05) is 10.8 Å². The molecule has 2 aliphatic heterocycles. The molecule has 7 nitrogen and oxygen atoms in total. The lowest BCUT2D eigenvalue weighted by atomic mass is 9.72. The minimum atomic E-state index is -0.801. The quantitative estimate of drug-likeness (QED) is 0.0994. The van der Waals surface area contributed by atoms with Gasteiger partial charge >= 0.3 is 0 Å². The molecular weight excluding hydrogens is 725 g/mol. The average Bonchev–Trinajstić information content (AvgIpc) is 4.21. The van der Waals surface area contributed by atoms with E-state index in [0.29, 0.717) is 24.7 Å². The molecule has 58 heavy (non-hydrogen) atoms. The first-order chi connectivity index (χ1) is 28.5. The number of rotatable bonds is 16. The average molecular weight is 773 g/mol. The maximum absolute atomic E-state index is 10.9. The SMILES string of the molecule is OC(COc1ccc(C2(c3ccc(OCC4CO4)cc3)Cc3ccccc3C2)cc1)COc1ccc(C2(c3ccc(OCC4CO4)cc3)Cc3ccccc3C2)cc1. The molecule has 4 aliphatic rings. The van der Waals surface area contributed by atoms with Gasteiger partial charge < -0.3 is 33.5 Å². The van der Waals surface area contributed by atoms with Crippen LogP contribution in [0.3, 0.4) is 0 Å². The van der Waals surface area contributed by atoms with Crippen LogP contribution in [0.25, 0.3) is 0 Å².